The minimum Gasteiger partial charge on any atom is -0.468 e. The summed E-state index contributed by atoms with van der Waals surface area (Å²) in [5, 5.41) is 9.24. The highest BCUT2D eigenvalue weighted by Gasteiger charge is 2.25. The predicted molar refractivity (Wildman–Crippen MR) is 70.0 cm³/mol. The minimum absolute atomic E-state index is 0.253. The van der Waals surface area contributed by atoms with E-state index < -0.39 is 33.4 Å². The van der Waals surface area contributed by atoms with Crippen LogP contribution in [0.25, 0.3) is 0 Å². The van der Waals surface area contributed by atoms with Crippen molar-refractivity contribution in [1.82, 2.24) is 4.72 Å². The van der Waals surface area contributed by atoms with Crippen LogP contribution in [-0.2, 0) is 10.0 Å². The van der Waals surface area contributed by atoms with E-state index in [1.54, 1.807) is 13.0 Å². The minimum atomic E-state index is -4.09. The van der Waals surface area contributed by atoms with E-state index in [-0.39, 0.29) is 5.76 Å². The highest BCUT2D eigenvalue weighted by Crippen LogP contribution is 2.20. The summed E-state index contributed by atoms with van der Waals surface area (Å²) < 4.78 is 45.2. The first-order valence-corrected chi connectivity index (χ1v) is 7.35. The van der Waals surface area contributed by atoms with Gasteiger partial charge in [0.2, 0.25) is 10.0 Å². The lowest BCUT2D eigenvalue weighted by Crippen LogP contribution is -2.31. The predicted octanol–water partition coefficient (Wildman–Crippen LogP) is 1.74. The Kier molecular flexibility index (Phi) is 4.22. The summed E-state index contributed by atoms with van der Waals surface area (Å²) in [5.41, 5.74) is 0.617. The molecule has 0 fully saturated rings. The van der Waals surface area contributed by atoms with Gasteiger partial charge in [-0.2, -0.15) is 4.72 Å². The van der Waals surface area contributed by atoms with Crippen LogP contribution < -0.4 is 4.72 Å². The van der Waals surface area contributed by atoms with Crippen LogP contribution in [0, 0.1) is 12.7 Å². The highest BCUT2D eigenvalue weighted by atomic mass is 32.2. The van der Waals surface area contributed by atoms with Gasteiger partial charge in [-0.1, -0.05) is 6.07 Å². The summed E-state index contributed by atoms with van der Waals surface area (Å²) in [6.45, 7) is 1.16. The Hall–Kier alpha value is -1.70. The molecule has 1 aromatic carbocycles. The van der Waals surface area contributed by atoms with Crippen LogP contribution in [0.15, 0.2) is 45.9 Å². The quantitative estimate of drug-likeness (QED) is 0.881. The maximum absolute atomic E-state index is 13.7. The second-order valence-corrected chi connectivity index (χ2v) is 5.99. The molecular formula is C13H14FNO4S. The standard InChI is InChI=1S/C13H14FNO4S/c1-9-4-5-13(10(14)7-9)20(17,18)15-11(8-16)12-3-2-6-19-12/h2-7,11,15-16H,8H2,1H3. The third-order valence-electron chi connectivity index (χ3n) is 2.74. The fourth-order valence-corrected chi connectivity index (χ4v) is 3.00. The normalized spacial score (nSPS) is 13.3. The van der Waals surface area contributed by atoms with Crippen molar-refractivity contribution < 1.29 is 22.3 Å². The molecule has 0 saturated carbocycles. The van der Waals surface area contributed by atoms with Crippen LogP contribution in [-0.4, -0.2) is 20.1 Å². The van der Waals surface area contributed by atoms with E-state index in [9.17, 15) is 17.9 Å². The zero-order chi connectivity index (χ0) is 14.8. The highest BCUT2D eigenvalue weighted by molar-refractivity contribution is 7.89. The number of furan rings is 1. The molecule has 5 nitrogen and oxygen atoms in total. The number of hydrogen-bond acceptors (Lipinski definition) is 4. The van der Waals surface area contributed by atoms with E-state index in [1.807, 2.05) is 0 Å². The molecule has 0 saturated heterocycles. The summed E-state index contributed by atoms with van der Waals surface area (Å²) in [7, 11) is -4.09. The third-order valence-corrected chi connectivity index (χ3v) is 4.25. The van der Waals surface area contributed by atoms with Crippen molar-refractivity contribution in [2.24, 2.45) is 0 Å². The Morgan fingerprint density at radius 3 is 2.70 bits per heavy atom. The summed E-state index contributed by atoms with van der Waals surface area (Å²) in [6, 6.07) is 5.95. The number of halogens is 1. The van der Waals surface area contributed by atoms with Gasteiger partial charge in [-0.25, -0.2) is 12.8 Å². The molecule has 1 aromatic heterocycles. The maximum Gasteiger partial charge on any atom is 0.244 e. The Bertz CT molecular complexity index is 682. The van der Waals surface area contributed by atoms with E-state index >= 15 is 0 Å². The van der Waals surface area contributed by atoms with Gasteiger partial charge in [0.05, 0.1) is 12.9 Å². The lowest BCUT2D eigenvalue weighted by molar-refractivity contribution is 0.241. The van der Waals surface area contributed by atoms with Gasteiger partial charge in [0.25, 0.3) is 0 Å². The van der Waals surface area contributed by atoms with E-state index in [1.165, 1.54) is 24.5 Å². The molecular weight excluding hydrogens is 285 g/mol. The zero-order valence-electron chi connectivity index (χ0n) is 10.7. The average Bonchev–Trinajstić information content (AvgIpc) is 2.89. The third kappa shape index (κ3) is 3.06. The maximum atomic E-state index is 13.7. The first-order valence-electron chi connectivity index (χ1n) is 5.87. The van der Waals surface area contributed by atoms with Gasteiger partial charge in [0.1, 0.15) is 22.5 Å². The molecule has 1 atom stereocenters. The van der Waals surface area contributed by atoms with E-state index in [0.717, 1.165) is 6.07 Å². The summed E-state index contributed by atoms with van der Waals surface area (Å²) >= 11 is 0. The number of benzene rings is 1. The Morgan fingerprint density at radius 2 is 2.15 bits per heavy atom. The lowest BCUT2D eigenvalue weighted by atomic mass is 10.2. The number of aliphatic hydroxyl groups is 1. The molecule has 0 radical (unpaired) electrons. The summed E-state index contributed by atoms with van der Waals surface area (Å²) in [4.78, 5) is -0.465. The van der Waals surface area contributed by atoms with Crippen molar-refractivity contribution in [2.45, 2.75) is 17.9 Å². The number of nitrogens with one attached hydrogen (secondary N) is 1. The zero-order valence-corrected chi connectivity index (χ0v) is 11.5. The van der Waals surface area contributed by atoms with E-state index in [4.69, 9.17) is 4.42 Å². The van der Waals surface area contributed by atoms with Crippen molar-refractivity contribution in [3.63, 3.8) is 0 Å². The second-order valence-electron chi connectivity index (χ2n) is 4.31. The molecule has 1 heterocycles. The van der Waals surface area contributed by atoms with Crippen LogP contribution in [0.4, 0.5) is 4.39 Å². The van der Waals surface area contributed by atoms with Crippen LogP contribution in [0.5, 0.6) is 0 Å². The molecule has 7 heteroatoms. The van der Waals surface area contributed by atoms with Gasteiger partial charge >= 0.3 is 0 Å². The van der Waals surface area contributed by atoms with Crippen LogP contribution >= 0.6 is 0 Å². The van der Waals surface area contributed by atoms with Crippen molar-refractivity contribution in [3.05, 3.63) is 53.7 Å². The molecule has 0 aliphatic carbocycles. The van der Waals surface area contributed by atoms with Crippen molar-refractivity contribution in [1.29, 1.82) is 0 Å². The van der Waals surface area contributed by atoms with Gasteiger partial charge in [-0.15, -0.1) is 0 Å². The first kappa shape index (κ1) is 14.7. The fraction of sp³-hybridized carbons (Fsp3) is 0.231. The summed E-state index contributed by atoms with van der Waals surface area (Å²) in [5.74, 6) is -0.586. The lowest BCUT2D eigenvalue weighted by Gasteiger charge is -2.14. The first-order chi connectivity index (χ1) is 9.44. The Morgan fingerprint density at radius 1 is 1.40 bits per heavy atom. The summed E-state index contributed by atoms with van der Waals surface area (Å²) in [6.07, 6.45) is 1.36. The van der Waals surface area contributed by atoms with Crippen molar-refractivity contribution >= 4 is 10.0 Å². The SMILES string of the molecule is Cc1ccc(S(=O)(=O)NC(CO)c2ccco2)c(F)c1. The van der Waals surface area contributed by atoms with Gasteiger partial charge < -0.3 is 9.52 Å². The van der Waals surface area contributed by atoms with Crippen LogP contribution in [0.1, 0.15) is 17.4 Å². The molecule has 1 unspecified atom stereocenters. The largest absolute Gasteiger partial charge is 0.468 e. The molecule has 0 spiro atoms. The smallest absolute Gasteiger partial charge is 0.244 e. The molecule has 0 bridgehead atoms. The van der Waals surface area contributed by atoms with Gasteiger partial charge in [-0.05, 0) is 36.8 Å². The molecule has 2 rings (SSSR count). The van der Waals surface area contributed by atoms with E-state index in [0.29, 0.717) is 5.56 Å². The van der Waals surface area contributed by atoms with Gasteiger partial charge in [-0.3, -0.25) is 0 Å². The Labute approximate surface area is 116 Å². The molecule has 0 amide bonds. The molecule has 0 aliphatic heterocycles. The van der Waals surface area contributed by atoms with E-state index in [2.05, 4.69) is 4.72 Å². The molecule has 0 aliphatic rings. The number of sulfonamides is 1. The fourth-order valence-electron chi connectivity index (χ4n) is 1.75. The van der Waals surface area contributed by atoms with Gasteiger partial charge in [0, 0.05) is 0 Å². The van der Waals surface area contributed by atoms with Gasteiger partial charge in [0.15, 0.2) is 0 Å². The number of aryl methyl sites for hydroxylation is 1. The average molecular weight is 299 g/mol. The van der Waals surface area contributed by atoms with Crippen molar-refractivity contribution in [2.75, 3.05) is 6.61 Å². The molecule has 20 heavy (non-hydrogen) atoms. The monoisotopic (exact) mass is 299 g/mol. The number of hydrogen-bond donors (Lipinski definition) is 2. The number of rotatable bonds is 5. The molecule has 108 valence electrons. The Balaban J connectivity index is 2.31. The topological polar surface area (TPSA) is 79.5 Å². The molecule has 2 N–H and O–H groups in total. The second kappa shape index (κ2) is 5.74. The van der Waals surface area contributed by atoms with Crippen LogP contribution in [0.3, 0.4) is 0 Å². The molecule has 2 aromatic rings. The number of aliphatic hydroxyl groups excluding tert-OH is 1. The van der Waals surface area contributed by atoms with Crippen LogP contribution in [0.2, 0.25) is 0 Å². The van der Waals surface area contributed by atoms with Crippen molar-refractivity contribution in [3.8, 4) is 0 Å².